The molecule has 0 amide bonds. The van der Waals surface area contributed by atoms with E-state index >= 15 is 0 Å². The van der Waals surface area contributed by atoms with Crippen LogP contribution in [0.15, 0.2) is 0 Å². The van der Waals surface area contributed by atoms with Gasteiger partial charge in [-0.1, -0.05) is 20.8 Å². The molecular weight excluding hydrogens is 268 g/mol. The average Bonchev–Trinajstić information content (AvgIpc) is 2.37. The average molecular weight is 296 g/mol. The fourth-order valence-corrected chi connectivity index (χ4v) is 2.34. The quantitative estimate of drug-likeness (QED) is 0.872. The van der Waals surface area contributed by atoms with Crippen LogP contribution in [0, 0.1) is 6.92 Å². The highest BCUT2D eigenvalue weighted by molar-refractivity contribution is 7.98. The van der Waals surface area contributed by atoms with Crippen molar-refractivity contribution in [3.05, 3.63) is 11.4 Å². The van der Waals surface area contributed by atoms with Crippen LogP contribution in [-0.4, -0.2) is 42.1 Å². The predicted molar refractivity (Wildman–Crippen MR) is 91.3 cm³/mol. The van der Waals surface area contributed by atoms with E-state index in [4.69, 9.17) is 9.97 Å². The summed E-state index contributed by atoms with van der Waals surface area (Å²) < 4.78 is 0. The molecule has 0 aliphatic carbocycles. The molecular formula is C15H28N4S. The van der Waals surface area contributed by atoms with Crippen molar-refractivity contribution >= 4 is 23.4 Å². The predicted octanol–water partition coefficient (Wildman–Crippen LogP) is 3.31. The van der Waals surface area contributed by atoms with E-state index in [0.29, 0.717) is 0 Å². The second-order valence-electron chi connectivity index (χ2n) is 6.04. The first-order valence-corrected chi connectivity index (χ1v) is 8.53. The fourth-order valence-electron chi connectivity index (χ4n) is 1.89. The SMILES string of the molecule is CCNc1nc(C(C)(C)C)nc(N(C)CCSC)c1C. The number of hydrogen-bond acceptors (Lipinski definition) is 5. The van der Waals surface area contributed by atoms with Gasteiger partial charge in [0.15, 0.2) is 0 Å². The Morgan fingerprint density at radius 2 is 1.90 bits per heavy atom. The molecule has 0 fully saturated rings. The summed E-state index contributed by atoms with van der Waals surface area (Å²) >= 11 is 1.85. The molecule has 1 rings (SSSR count). The number of thioether (sulfide) groups is 1. The molecule has 0 aromatic carbocycles. The van der Waals surface area contributed by atoms with E-state index in [1.54, 1.807) is 0 Å². The highest BCUT2D eigenvalue weighted by Gasteiger charge is 2.22. The van der Waals surface area contributed by atoms with Gasteiger partial charge < -0.3 is 10.2 Å². The van der Waals surface area contributed by atoms with Crippen LogP contribution in [0.25, 0.3) is 0 Å². The molecule has 0 saturated carbocycles. The number of hydrogen-bond donors (Lipinski definition) is 1. The molecule has 5 heteroatoms. The maximum Gasteiger partial charge on any atom is 0.138 e. The molecule has 114 valence electrons. The molecule has 0 saturated heterocycles. The van der Waals surface area contributed by atoms with Crippen molar-refractivity contribution in [2.45, 2.75) is 40.0 Å². The van der Waals surface area contributed by atoms with Gasteiger partial charge in [-0.25, -0.2) is 9.97 Å². The van der Waals surface area contributed by atoms with Crippen molar-refractivity contribution in [1.29, 1.82) is 0 Å². The van der Waals surface area contributed by atoms with E-state index in [1.807, 2.05) is 11.8 Å². The molecule has 4 nitrogen and oxygen atoms in total. The molecule has 0 atom stereocenters. The van der Waals surface area contributed by atoms with Crippen LogP contribution in [0.4, 0.5) is 11.6 Å². The lowest BCUT2D eigenvalue weighted by atomic mass is 9.95. The standard InChI is InChI=1S/C15H28N4S/c1-8-16-12-11(2)13(19(6)9-10-20-7)18-14(17-12)15(3,4)5/h8-10H2,1-7H3,(H,16,17,18). The monoisotopic (exact) mass is 296 g/mol. The van der Waals surface area contributed by atoms with Gasteiger partial charge in [0.05, 0.1) is 0 Å². The summed E-state index contributed by atoms with van der Waals surface area (Å²) in [5.41, 5.74) is 1.08. The largest absolute Gasteiger partial charge is 0.370 e. The summed E-state index contributed by atoms with van der Waals surface area (Å²) in [6.07, 6.45) is 2.13. The first-order valence-electron chi connectivity index (χ1n) is 7.14. The van der Waals surface area contributed by atoms with Gasteiger partial charge in [-0.3, -0.25) is 0 Å². The molecule has 0 bridgehead atoms. The Hall–Kier alpha value is -0.970. The van der Waals surface area contributed by atoms with Gasteiger partial charge in [-0.15, -0.1) is 0 Å². The Morgan fingerprint density at radius 1 is 1.25 bits per heavy atom. The van der Waals surface area contributed by atoms with Crippen LogP contribution in [-0.2, 0) is 5.41 Å². The van der Waals surface area contributed by atoms with E-state index < -0.39 is 0 Å². The summed E-state index contributed by atoms with van der Waals surface area (Å²) in [7, 11) is 2.10. The molecule has 1 aromatic rings. The van der Waals surface area contributed by atoms with Crippen LogP contribution >= 0.6 is 11.8 Å². The molecule has 0 radical (unpaired) electrons. The summed E-state index contributed by atoms with van der Waals surface area (Å²) in [4.78, 5) is 11.7. The van der Waals surface area contributed by atoms with Crippen molar-refractivity contribution in [3.63, 3.8) is 0 Å². The third-order valence-electron chi connectivity index (χ3n) is 3.13. The minimum Gasteiger partial charge on any atom is -0.370 e. The molecule has 1 aromatic heterocycles. The van der Waals surface area contributed by atoms with Crippen molar-refractivity contribution < 1.29 is 0 Å². The maximum absolute atomic E-state index is 4.80. The van der Waals surface area contributed by atoms with Crippen LogP contribution in [0.2, 0.25) is 0 Å². The van der Waals surface area contributed by atoms with Gasteiger partial charge in [0.1, 0.15) is 17.5 Å². The first-order chi connectivity index (χ1) is 9.31. The van der Waals surface area contributed by atoms with Crippen LogP contribution in [0.3, 0.4) is 0 Å². The minimum absolute atomic E-state index is 0.0486. The number of rotatable bonds is 6. The van der Waals surface area contributed by atoms with Gasteiger partial charge in [0, 0.05) is 36.9 Å². The zero-order chi connectivity index (χ0) is 15.3. The number of aromatic nitrogens is 2. The molecule has 1 N–H and O–H groups in total. The lowest BCUT2D eigenvalue weighted by Crippen LogP contribution is -2.26. The molecule has 0 unspecified atom stereocenters. The normalized spacial score (nSPS) is 11.6. The van der Waals surface area contributed by atoms with Crippen LogP contribution in [0.5, 0.6) is 0 Å². The number of nitrogens with one attached hydrogen (secondary N) is 1. The van der Waals surface area contributed by atoms with E-state index in [0.717, 1.165) is 41.9 Å². The van der Waals surface area contributed by atoms with Crippen LogP contribution < -0.4 is 10.2 Å². The minimum atomic E-state index is -0.0486. The summed E-state index contributed by atoms with van der Waals surface area (Å²) in [5, 5.41) is 3.36. The summed E-state index contributed by atoms with van der Waals surface area (Å²) in [6, 6.07) is 0. The van der Waals surface area contributed by atoms with Gasteiger partial charge in [0.25, 0.3) is 0 Å². The Kier molecular flexibility index (Phi) is 6.11. The van der Waals surface area contributed by atoms with Crippen molar-refractivity contribution in [1.82, 2.24) is 9.97 Å². The van der Waals surface area contributed by atoms with Gasteiger partial charge in [0.2, 0.25) is 0 Å². The zero-order valence-electron chi connectivity index (χ0n) is 13.9. The third-order valence-corrected chi connectivity index (χ3v) is 3.72. The van der Waals surface area contributed by atoms with Gasteiger partial charge in [-0.2, -0.15) is 11.8 Å². The lowest BCUT2D eigenvalue weighted by molar-refractivity contribution is 0.545. The van der Waals surface area contributed by atoms with E-state index in [1.165, 1.54) is 0 Å². The molecule has 0 aliphatic heterocycles. The molecule has 1 heterocycles. The summed E-state index contributed by atoms with van der Waals surface area (Å²) in [6.45, 7) is 12.5. The Balaban J connectivity index is 3.23. The Morgan fingerprint density at radius 3 is 2.40 bits per heavy atom. The second kappa shape index (κ2) is 7.16. The fraction of sp³-hybridized carbons (Fsp3) is 0.733. The van der Waals surface area contributed by atoms with Crippen molar-refractivity contribution in [2.24, 2.45) is 0 Å². The smallest absolute Gasteiger partial charge is 0.138 e. The first kappa shape index (κ1) is 17.1. The van der Waals surface area contributed by atoms with E-state index in [9.17, 15) is 0 Å². The lowest BCUT2D eigenvalue weighted by Gasteiger charge is -2.25. The Bertz CT molecular complexity index is 440. The van der Waals surface area contributed by atoms with E-state index in [-0.39, 0.29) is 5.41 Å². The van der Waals surface area contributed by atoms with E-state index in [2.05, 4.69) is 58.1 Å². The summed E-state index contributed by atoms with van der Waals surface area (Å²) in [5.74, 6) is 3.99. The molecule has 0 spiro atoms. The highest BCUT2D eigenvalue weighted by atomic mass is 32.2. The van der Waals surface area contributed by atoms with Gasteiger partial charge >= 0.3 is 0 Å². The maximum atomic E-state index is 4.80. The highest BCUT2D eigenvalue weighted by Crippen LogP contribution is 2.28. The topological polar surface area (TPSA) is 41.1 Å². The third kappa shape index (κ3) is 4.27. The number of anilines is 2. The Labute approximate surface area is 127 Å². The molecule has 20 heavy (non-hydrogen) atoms. The number of nitrogens with zero attached hydrogens (tertiary/aromatic N) is 3. The van der Waals surface area contributed by atoms with Crippen LogP contribution in [0.1, 0.15) is 39.1 Å². The van der Waals surface area contributed by atoms with Crippen molar-refractivity contribution in [3.8, 4) is 0 Å². The molecule has 0 aliphatic rings. The van der Waals surface area contributed by atoms with Gasteiger partial charge in [-0.05, 0) is 20.1 Å². The second-order valence-corrected chi connectivity index (χ2v) is 7.02. The zero-order valence-corrected chi connectivity index (χ0v) is 14.7. The van der Waals surface area contributed by atoms with Crippen molar-refractivity contribution in [2.75, 3.05) is 42.4 Å².